The van der Waals surface area contributed by atoms with Crippen molar-refractivity contribution in [1.82, 2.24) is 19.7 Å². The van der Waals surface area contributed by atoms with E-state index in [2.05, 4.69) is 32.8 Å². The number of fused-ring (bicyclic) bond motifs is 1. The smallest absolute Gasteiger partial charge is 0.222 e. The van der Waals surface area contributed by atoms with Crippen LogP contribution in [0.3, 0.4) is 0 Å². The maximum Gasteiger partial charge on any atom is 0.222 e. The van der Waals surface area contributed by atoms with Gasteiger partial charge in [-0.1, -0.05) is 6.07 Å². The Bertz CT molecular complexity index is 662. The second-order valence-electron chi connectivity index (χ2n) is 9.33. The van der Waals surface area contributed by atoms with Crippen LogP contribution >= 0.6 is 0 Å². The van der Waals surface area contributed by atoms with Gasteiger partial charge in [-0.2, -0.15) is 0 Å². The van der Waals surface area contributed by atoms with Gasteiger partial charge in [0.25, 0.3) is 0 Å². The zero-order valence-corrected chi connectivity index (χ0v) is 17.7. The molecule has 160 valence electrons. The lowest BCUT2D eigenvalue weighted by molar-refractivity contribution is -0.130. The number of pyridine rings is 1. The third-order valence-electron chi connectivity index (χ3n) is 7.30. The number of nitrogens with zero attached hydrogens (tertiary/aromatic N) is 4. The maximum atomic E-state index is 12.7. The number of rotatable bonds is 6. The highest BCUT2D eigenvalue weighted by atomic mass is 16.3. The Morgan fingerprint density at radius 1 is 1.14 bits per heavy atom. The average molecular weight is 401 g/mol. The summed E-state index contributed by atoms with van der Waals surface area (Å²) in [6.07, 6.45) is 8.96. The van der Waals surface area contributed by atoms with Gasteiger partial charge in [0.15, 0.2) is 0 Å². The largest absolute Gasteiger partial charge is 0.391 e. The van der Waals surface area contributed by atoms with Crippen molar-refractivity contribution in [2.24, 2.45) is 11.8 Å². The predicted octanol–water partition coefficient (Wildman–Crippen LogP) is 1.64. The number of amides is 1. The van der Waals surface area contributed by atoms with E-state index >= 15 is 0 Å². The van der Waals surface area contributed by atoms with Crippen LogP contribution in [0.5, 0.6) is 0 Å². The third kappa shape index (κ3) is 5.16. The molecule has 0 aromatic carbocycles. The minimum atomic E-state index is -0.241. The molecule has 1 aliphatic carbocycles. The summed E-state index contributed by atoms with van der Waals surface area (Å²) in [4.78, 5) is 23.8. The Kier molecular flexibility index (Phi) is 6.83. The summed E-state index contributed by atoms with van der Waals surface area (Å²) < 4.78 is 0. The van der Waals surface area contributed by atoms with Crippen molar-refractivity contribution in [3.05, 3.63) is 30.1 Å². The number of aryl methyl sites for hydroxylation is 1. The number of carbonyl (C=O) groups is 1. The van der Waals surface area contributed by atoms with Gasteiger partial charge in [0.1, 0.15) is 0 Å². The van der Waals surface area contributed by atoms with Crippen LogP contribution in [0.2, 0.25) is 0 Å². The summed E-state index contributed by atoms with van der Waals surface area (Å²) in [5.74, 6) is 1.34. The van der Waals surface area contributed by atoms with Crippen molar-refractivity contribution in [2.45, 2.75) is 50.7 Å². The lowest BCUT2D eigenvalue weighted by atomic mass is 9.77. The van der Waals surface area contributed by atoms with Crippen molar-refractivity contribution >= 4 is 5.91 Å². The molecule has 29 heavy (non-hydrogen) atoms. The number of aliphatic hydroxyl groups is 1. The van der Waals surface area contributed by atoms with Crippen molar-refractivity contribution in [3.8, 4) is 0 Å². The van der Waals surface area contributed by atoms with E-state index in [1.807, 2.05) is 12.3 Å². The first-order valence-electron chi connectivity index (χ1n) is 11.4. The van der Waals surface area contributed by atoms with E-state index < -0.39 is 0 Å². The topological polar surface area (TPSA) is 59.9 Å². The maximum absolute atomic E-state index is 12.7. The number of piperazine rings is 1. The molecule has 1 saturated carbocycles. The van der Waals surface area contributed by atoms with E-state index in [0.717, 1.165) is 71.4 Å². The minimum absolute atomic E-state index is 0.241. The molecule has 0 radical (unpaired) electrons. The van der Waals surface area contributed by atoms with Crippen LogP contribution in [-0.2, 0) is 11.2 Å². The first-order chi connectivity index (χ1) is 14.1. The molecule has 3 aliphatic rings. The highest BCUT2D eigenvalue weighted by Gasteiger charge is 2.44. The molecule has 1 N–H and O–H groups in total. The van der Waals surface area contributed by atoms with Crippen LogP contribution in [0.4, 0.5) is 0 Å². The van der Waals surface area contributed by atoms with Crippen molar-refractivity contribution in [1.29, 1.82) is 0 Å². The van der Waals surface area contributed by atoms with Crippen LogP contribution < -0.4 is 0 Å². The molecule has 3 fully saturated rings. The van der Waals surface area contributed by atoms with Gasteiger partial charge >= 0.3 is 0 Å². The molecule has 6 nitrogen and oxygen atoms in total. The molecule has 3 heterocycles. The van der Waals surface area contributed by atoms with E-state index in [4.69, 9.17) is 0 Å². The summed E-state index contributed by atoms with van der Waals surface area (Å²) >= 11 is 0. The Hall–Kier alpha value is -1.50. The quantitative estimate of drug-likeness (QED) is 0.736. The zero-order valence-electron chi connectivity index (χ0n) is 17.7. The van der Waals surface area contributed by atoms with Gasteiger partial charge in [-0.05, 0) is 62.6 Å². The van der Waals surface area contributed by atoms with Gasteiger partial charge in [-0.25, -0.2) is 0 Å². The van der Waals surface area contributed by atoms with Crippen LogP contribution in [0, 0.1) is 11.8 Å². The fourth-order valence-electron chi connectivity index (χ4n) is 5.47. The molecular formula is C23H36N4O2. The second kappa shape index (κ2) is 9.54. The molecule has 1 aromatic rings. The Labute approximate surface area is 174 Å². The minimum Gasteiger partial charge on any atom is -0.391 e. The molecule has 2 saturated heterocycles. The van der Waals surface area contributed by atoms with Crippen molar-refractivity contribution in [3.63, 3.8) is 0 Å². The molecule has 6 heteroatoms. The average Bonchev–Trinajstić information content (AvgIpc) is 3.15. The number of hydrogen-bond acceptors (Lipinski definition) is 5. The molecule has 0 unspecified atom stereocenters. The molecular weight excluding hydrogens is 364 g/mol. The molecule has 0 spiro atoms. The van der Waals surface area contributed by atoms with E-state index in [1.54, 1.807) is 6.20 Å². The number of unbranched alkanes of at least 4 members (excludes halogenated alkanes) is 1. The van der Waals surface area contributed by atoms with Gasteiger partial charge in [0, 0.05) is 64.1 Å². The van der Waals surface area contributed by atoms with Gasteiger partial charge < -0.3 is 14.9 Å². The standard InChI is InChI=1S/C23H36N4O2/c1-25-9-11-26(12-10-25)21-13-19-16-27(17-20(19)14-22(21)28)23(29)7-3-2-5-18-6-4-8-24-15-18/h4,6,8,15,19-22,28H,2-3,5,7,9-14,16-17H2,1H3/t19-,20+,21-,22-/m1/s1. The summed E-state index contributed by atoms with van der Waals surface area (Å²) in [5, 5.41) is 10.8. The number of carbonyl (C=O) groups excluding carboxylic acids is 1. The zero-order chi connectivity index (χ0) is 20.2. The normalized spacial score (nSPS) is 31.0. The monoisotopic (exact) mass is 400 g/mol. The highest BCUT2D eigenvalue weighted by molar-refractivity contribution is 5.76. The molecule has 1 aromatic heterocycles. The molecule has 2 aliphatic heterocycles. The molecule has 4 rings (SSSR count). The Balaban J connectivity index is 1.22. The van der Waals surface area contributed by atoms with Crippen LogP contribution in [0.1, 0.15) is 37.7 Å². The van der Waals surface area contributed by atoms with E-state index in [1.165, 1.54) is 5.56 Å². The summed E-state index contributed by atoms with van der Waals surface area (Å²) in [6, 6.07) is 4.35. The van der Waals surface area contributed by atoms with E-state index in [-0.39, 0.29) is 12.1 Å². The van der Waals surface area contributed by atoms with Gasteiger partial charge in [0.05, 0.1) is 6.10 Å². The fraction of sp³-hybridized carbons (Fsp3) is 0.739. The Morgan fingerprint density at radius 3 is 2.62 bits per heavy atom. The molecule has 0 bridgehead atoms. The van der Waals surface area contributed by atoms with Crippen LogP contribution in [0.15, 0.2) is 24.5 Å². The second-order valence-corrected chi connectivity index (χ2v) is 9.33. The number of likely N-dealkylation sites (N-methyl/N-ethyl adjacent to an activating group) is 1. The summed E-state index contributed by atoms with van der Waals surface area (Å²) in [7, 11) is 2.17. The third-order valence-corrected chi connectivity index (χ3v) is 7.30. The lowest BCUT2D eigenvalue weighted by Crippen LogP contribution is -2.55. The Morgan fingerprint density at radius 2 is 1.90 bits per heavy atom. The van der Waals surface area contributed by atoms with Crippen LogP contribution in [-0.4, -0.2) is 89.2 Å². The van der Waals surface area contributed by atoms with Gasteiger partial charge in [-0.3, -0.25) is 14.7 Å². The SMILES string of the molecule is CN1CCN([C@@H]2C[C@@H]3CN(C(=O)CCCCc4cccnc4)C[C@@H]3C[C@H]2O)CC1. The first kappa shape index (κ1) is 20.8. The van der Waals surface area contributed by atoms with E-state index in [9.17, 15) is 9.90 Å². The molecule has 4 atom stereocenters. The highest BCUT2D eigenvalue weighted by Crippen LogP contribution is 2.38. The van der Waals surface area contributed by atoms with Crippen molar-refractivity contribution < 1.29 is 9.90 Å². The number of likely N-dealkylation sites (tertiary alicyclic amines) is 1. The van der Waals surface area contributed by atoms with E-state index in [0.29, 0.717) is 24.2 Å². The fourth-order valence-corrected chi connectivity index (χ4v) is 5.47. The summed E-state index contributed by atoms with van der Waals surface area (Å²) in [5.41, 5.74) is 1.25. The van der Waals surface area contributed by atoms with Crippen LogP contribution in [0.25, 0.3) is 0 Å². The number of aromatic nitrogens is 1. The predicted molar refractivity (Wildman–Crippen MR) is 113 cm³/mol. The van der Waals surface area contributed by atoms with Crippen molar-refractivity contribution in [2.75, 3.05) is 46.3 Å². The number of aliphatic hydroxyl groups excluding tert-OH is 1. The first-order valence-corrected chi connectivity index (χ1v) is 11.4. The van der Waals surface area contributed by atoms with Gasteiger partial charge in [-0.15, -0.1) is 0 Å². The molecule has 1 amide bonds. The summed E-state index contributed by atoms with van der Waals surface area (Å²) in [6.45, 7) is 6.01. The lowest BCUT2D eigenvalue weighted by Gasteiger charge is -2.44. The van der Waals surface area contributed by atoms with Gasteiger partial charge in [0.2, 0.25) is 5.91 Å². The number of hydrogen-bond donors (Lipinski definition) is 1.